The predicted molar refractivity (Wildman–Crippen MR) is 77.9 cm³/mol. The fourth-order valence-electron chi connectivity index (χ4n) is 1.71. The van der Waals surface area contributed by atoms with E-state index in [2.05, 4.69) is 31.9 Å². The molecule has 4 heteroatoms. The van der Waals surface area contributed by atoms with Gasteiger partial charge in [-0.3, -0.25) is 0 Å². The first-order valence-corrected chi connectivity index (χ1v) is 7.05. The van der Waals surface area contributed by atoms with Gasteiger partial charge in [-0.15, -0.1) is 0 Å². The van der Waals surface area contributed by atoms with Crippen LogP contribution in [0.5, 0.6) is 5.75 Å². The van der Waals surface area contributed by atoms with E-state index in [1.54, 1.807) is 19.2 Å². The van der Waals surface area contributed by atoms with Gasteiger partial charge < -0.3 is 4.74 Å². The van der Waals surface area contributed by atoms with E-state index in [4.69, 9.17) is 4.74 Å². The molecular formula is C14H11Br2FO. The summed E-state index contributed by atoms with van der Waals surface area (Å²) >= 11 is 7.02. The highest BCUT2D eigenvalue weighted by Gasteiger charge is 2.15. The van der Waals surface area contributed by atoms with Gasteiger partial charge in [-0.2, -0.15) is 0 Å². The van der Waals surface area contributed by atoms with Crippen LogP contribution in [0.4, 0.5) is 4.39 Å². The Morgan fingerprint density at radius 3 is 2.39 bits per heavy atom. The third-order valence-electron chi connectivity index (χ3n) is 2.63. The Morgan fingerprint density at radius 2 is 1.78 bits per heavy atom. The van der Waals surface area contributed by atoms with Crippen LogP contribution >= 0.6 is 31.9 Å². The van der Waals surface area contributed by atoms with Crippen LogP contribution in [0.1, 0.15) is 16.0 Å². The van der Waals surface area contributed by atoms with Gasteiger partial charge in [0.25, 0.3) is 0 Å². The number of hydrogen-bond acceptors (Lipinski definition) is 1. The van der Waals surface area contributed by atoms with Gasteiger partial charge in [0, 0.05) is 10.0 Å². The van der Waals surface area contributed by atoms with Gasteiger partial charge in [0.2, 0.25) is 0 Å². The molecule has 2 aromatic rings. The van der Waals surface area contributed by atoms with E-state index in [0.29, 0.717) is 0 Å². The Hall–Kier alpha value is -0.870. The molecule has 0 saturated heterocycles. The maximum atomic E-state index is 12.9. The van der Waals surface area contributed by atoms with Gasteiger partial charge in [-0.25, -0.2) is 4.39 Å². The van der Waals surface area contributed by atoms with E-state index < -0.39 is 0 Å². The van der Waals surface area contributed by atoms with Gasteiger partial charge in [0.1, 0.15) is 11.6 Å². The van der Waals surface area contributed by atoms with Crippen molar-refractivity contribution in [1.82, 2.24) is 0 Å². The molecule has 0 aliphatic heterocycles. The number of benzene rings is 2. The van der Waals surface area contributed by atoms with Crippen molar-refractivity contribution in [1.29, 1.82) is 0 Å². The first kappa shape index (κ1) is 13.6. The fraction of sp³-hybridized carbons (Fsp3) is 0.143. The van der Waals surface area contributed by atoms with Crippen LogP contribution in [0.15, 0.2) is 46.9 Å². The topological polar surface area (TPSA) is 9.23 Å². The first-order valence-electron chi connectivity index (χ1n) is 5.35. The lowest BCUT2D eigenvalue weighted by atomic mass is 10.0. The number of methoxy groups -OCH3 is 1. The minimum atomic E-state index is -0.235. The normalized spacial score (nSPS) is 12.2. The van der Waals surface area contributed by atoms with E-state index in [1.807, 2.05) is 18.2 Å². The van der Waals surface area contributed by atoms with E-state index in [0.717, 1.165) is 21.3 Å². The minimum Gasteiger partial charge on any atom is -0.496 e. The SMILES string of the molecule is COc1cc(Br)ccc1C(Br)c1ccc(F)cc1. The van der Waals surface area contributed by atoms with Crippen LogP contribution in [0.2, 0.25) is 0 Å². The fourth-order valence-corrected chi connectivity index (χ4v) is 2.73. The summed E-state index contributed by atoms with van der Waals surface area (Å²) in [6, 6.07) is 12.3. The number of alkyl halides is 1. The quantitative estimate of drug-likeness (QED) is 0.681. The zero-order valence-electron chi connectivity index (χ0n) is 9.66. The van der Waals surface area contributed by atoms with Crippen molar-refractivity contribution in [2.45, 2.75) is 4.83 Å². The molecule has 0 spiro atoms. The van der Waals surface area contributed by atoms with Crippen LogP contribution in [0.3, 0.4) is 0 Å². The maximum Gasteiger partial charge on any atom is 0.124 e. The van der Waals surface area contributed by atoms with Crippen LogP contribution < -0.4 is 4.74 Å². The van der Waals surface area contributed by atoms with Crippen molar-refractivity contribution < 1.29 is 9.13 Å². The lowest BCUT2D eigenvalue weighted by molar-refractivity contribution is 0.410. The highest BCUT2D eigenvalue weighted by molar-refractivity contribution is 9.10. The van der Waals surface area contributed by atoms with Gasteiger partial charge in [-0.05, 0) is 29.8 Å². The van der Waals surface area contributed by atoms with Crippen molar-refractivity contribution in [3.8, 4) is 5.75 Å². The number of halogens is 3. The third-order valence-corrected chi connectivity index (χ3v) is 4.15. The highest BCUT2D eigenvalue weighted by Crippen LogP contribution is 2.37. The van der Waals surface area contributed by atoms with Crippen LogP contribution in [-0.2, 0) is 0 Å². The van der Waals surface area contributed by atoms with Crippen LogP contribution in [0, 0.1) is 5.82 Å². The van der Waals surface area contributed by atoms with Gasteiger partial charge in [0.15, 0.2) is 0 Å². The Morgan fingerprint density at radius 1 is 1.11 bits per heavy atom. The third kappa shape index (κ3) is 2.93. The lowest BCUT2D eigenvalue weighted by Crippen LogP contribution is -1.97. The van der Waals surface area contributed by atoms with Crippen LogP contribution in [0.25, 0.3) is 0 Å². The molecule has 2 aromatic carbocycles. The molecule has 0 aromatic heterocycles. The molecular weight excluding hydrogens is 363 g/mol. The number of rotatable bonds is 3. The van der Waals surface area contributed by atoms with Gasteiger partial charge in [-0.1, -0.05) is 50.1 Å². The summed E-state index contributed by atoms with van der Waals surface area (Å²) in [5.41, 5.74) is 1.99. The molecule has 0 amide bonds. The first-order chi connectivity index (χ1) is 8.61. The Balaban J connectivity index is 2.39. The molecule has 0 N–H and O–H groups in total. The average molecular weight is 374 g/mol. The zero-order chi connectivity index (χ0) is 13.1. The van der Waals surface area contributed by atoms with Crippen LogP contribution in [-0.4, -0.2) is 7.11 Å². The molecule has 0 saturated carbocycles. The van der Waals surface area contributed by atoms with Crippen molar-refractivity contribution in [3.05, 3.63) is 63.9 Å². The van der Waals surface area contributed by atoms with Crippen molar-refractivity contribution in [3.63, 3.8) is 0 Å². The molecule has 1 nitrogen and oxygen atoms in total. The standard InChI is InChI=1S/C14H11Br2FO/c1-18-13-8-10(15)4-7-12(13)14(16)9-2-5-11(17)6-3-9/h2-8,14H,1H3. The van der Waals surface area contributed by atoms with Gasteiger partial charge in [0.05, 0.1) is 11.9 Å². The molecule has 0 bridgehead atoms. The molecule has 94 valence electrons. The minimum absolute atomic E-state index is 0.0267. The summed E-state index contributed by atoms with van der Waals surface area (Å²) < 4.78 is 19.2. The molecule has 0 aliphatic carbocycles. The van der Waals surface area contributed by atoms with E-state index >= 15 is 0 Å². The number of hydrogen-bond donors (Lipinski definition) is 0. The summed E-state index contributed by atoms with van der Waals surface area (Å²) in [6.07, 6.45) is 0. The molecule has 0 radical (unpaired) electrons. The van der Waals surface area contributed by atoms with E-state index in [1.165, 1.54) is 12.1 Å². The molecule has 1 unspecified atom stereocenters. The summed E-state index contributed by atoms with van der Waals surface area (Å²) in [5.74, 6) is 0.553. The lowest BCUT2D eigenvalue weighted by Gasteiger charge is -2.15. The zero-order valence-corrected chi connectivity index (χ0v) is 12.8. The molecule has 0 fully saturated rings. The number of ether oxygens (including phenoxy) is 1. The monoisotopic (exact) mass is 372 g/mol. The Kier molecular flexibility index (Phi) is 4.40. The summed E-state index contributed by atoms with van der Waals surface area (Å²) in [4.78, 5) is -0.0267. The highest BCUT2D eigenvalue weighted by atomic mass is 79.9. The van der Waals surface area contributed by atoms with E-state index in [9.17, 15) is 4.39 Å². The van der Waals surface area contributed by atoms with Crippen molar-refractivity contribution in [2.75, 3.05) is 7.11 Å². The predicted octanol–water partition coefficient (Wildman–Crippen LogP) is 5.08. The smallest absolute Gasteiger partial charge is 0.124 e. The molecule has 1 atom stereocenters. The Bertz CT molecular complexity index is 540. The molecule has 0 heterocycles. The average Bonchev–Trinajstić information content (AvgIpc) is 2.38. The molecule has 2 rings (SSSR count). The van der Waals surface area contributed by atoms with Gasteiger partial charge >= 0.3 is 0 Å². The second kappa shape index (κ2) is 5.85. The summed E-state index contributed by atoms with van der Waals surface area (Å²) in [6.45, 7) is 0. The van der Waals surface area contributed by atoms with E-state index in [-0.39, 0.29) is 10.6 Å². The Labute approximate surface area is 122 Å². The molecule has 18 heavy (non-hydrogen) atoms. The van der Waals surface area contributed by atoms with Crippen molar-refractivity contribution in [2.24, 2.45) is 0 Å². The second-order valence-corrected chi connectivity index (χ2v) is 5.63. The molecule has 0 aliphatic rings. The summed E-state index contributed by atoms with van der Waals surface area (Å²) in [7, 11) is 1.63. The van der Waals surface area contributed by atoms with Crippen molar-refractivity contribution >= 4 is 31.9 Å². The summed E-state index contributed by atoms with van der Waals surface area (Å²) in [5, 5.41) is 0. The maximum absolute atomic E-state index is 12.9. The largest absolute Gasteiger partial charge is 0.496 e. The second-order valence-electron chi connectivity index (χ2n) is 3.80.